The highest BCUT2D eigenvalue weighted by molar-refractivity contribution is 6.06. The van der Waals surface area contributed by atoms with Crippen molar-refractivity contribution in [2.75, 3.05) is 0 Å². The molecule has 0 saturated heterocycles. The lowest BCUT2D eigenvalue weighted by atomic mass is 9.97. The van der Waals surface area contributed by atoms with Crippen molar-refractivity contribution in [1.82, 2.24) is 4.57 Å². The largest absolute Gasteiger partial charge is 0.416 e. The molecular formula is C18H14F4N2O. The molecule has 0 bridgehead atoms. The molecule has 130 valence electrons. The van der Waals surface area contributed by atoms with Crippen LogP contribution in [-0.4, -0.2) is 10.5 Å². The molecule has 0 fully saturated rings. The summed E-state index contributed by atoms with van der Waals surface area (Å²) >= 11 is 0. The molecule has 0 radical (unpaired) electrons. The molecule has 25 heavy (non-hydrogen) atoms. The highest BCUT2D eigenvalue weighted by atomic mass is 19.4. The maximum absolute atomic E-state index is 14.5. The lowest BCUT2D eigenvalue weighted by molar-refractivity contribution is -0.137. The van der Waals surface area contributed by atoms with Crippen molar-refractivity contribution >= 4 is 16.8 Å². The topological polar surface area (TPSA) is 48.0 Å². The Morgan fingerprint density at radius 1 is 1.08 bits per heavy atom. The van der Waals surface area contributed by atoms with Gasteiger partial charge in [0.1, 0.15) is 11.5 Å². The van der Waals surface area contributed by atoms with Crippen LogP contribution in [0.1, 0.15) is 21.6 Å². The van der Waals surface area contributed by atoms with Crippen molar-refractivity contribution in [3.63, 3.8) is 0 Å². The molecule has 0 unspecified atom stereocenters. The molecule has 3 rings (SSSR count). The fraction of sp³-hybridized carbons (Fsp3) is 0.167. The van der Waals surface area contributed by atoms with Gasteiger partial charge in [0.25, 0.3) is 5.91 Å². The van der Waals surface area contributed by atoms with Gasteiger partial charge in [0.2, 0.25) is 0 Å². The lowest BCUT2D eigenvalue weighted by Gasteiger charge is -2.10. The first-order valence-corrected chi connectivity index (χ1v) is 7.38. The van der Waals surface area contributed by atoms with Crippen LogP contribution >= 0.6 is 0 Å². The summed E-state index contributed by atoms with van der Waals surface area (Å²) in [6.07, 6.45) is -4.47. The summed E-state index contributed by atoms with van der Waals surface area (Å²) in [7, 11) is 1.63. The Morgan fingerprint density at radius 2 is 1.68 bits per heavy atom. The molecule has 1 heterocycles. The van der Waals surface area contributed by atoms with Gasteiger partial charge in [-0.2, -0.15) is 13.2 Å². The zero-order valence-corrected chi connectivity index (χ0v) is 13.4. The number of alkyl halides is 3. The minimum atomic E-state index is -4.47. The SMILES string of the molecule is Cc1c(C(N)=O)n(C)c2ccc(F)c(-c3ccc(C(F)(F)F)cc3)c12. The van der Waals surface area contributed by atoms with E-state index in [4.69, 9.17) is 5.73 Å². The number of amides is 1. The average Bonchev–Trinajstić information content (AvgIpc) is 2.78. The van der Waals surface area contributed by atoms with Gasteiger partial charge in [-0.05, 0) is 42.3 Å². The lowest BCUT2D eigenvalue weighted by Crippen LogP contribution is -2.16. The van der Waals surface area contributed by atoms with E-state index in [0.717, 1.165) is 12.1 Å². The number of rotatable bonds is 2. The van der Waals surface area contributed by atoms with E-state index in [0.29, 0.717) is 22.0 Å². The minimum Gasteiger partial charge on any atom is -0.364 e. The van der Waals surface area contributed by atoms with Gasteiger partial charge in [0.05, 0.1) is 5.56 Å². The summed E-state index contributed by atoms with van der Waals surface area (Å²) in [5, 5.41) is 0.455. The maximum Gasteiger partial charge on any atom is 0.416 e. The molecule has 3 aromatic rings. The first-order chi connectivity index (χ1) is 11.6. The first-order valence-electron chi connectivity index (χ1n) is 7.38. The Hall–Kier alpha value is -2.83. The van der Waals surface area contributed by atoms with E-state index in [1.807, 2.05) is 0 Å². The van der Waals surface area contributed by atoms with Crippen molar-refractivity contribution in [1.29, 1.82) is 0 Å². The summed E-state index contributed by atoms with van der Waals surface area (Å²) in [6, 6.07) is 6.98. The Bertz CT molecular complexity index is 985. The molecule has 2 aromatic carbocycles. The highest BCUT2D eigenvalue weighted by Crippen LogP contribution is 2.37. The number of hydrogen-bond acceptors (Lipinski definition) is 1. The number of primary amides is 1. The number of halogens is 4. The molecule has 0 atom stereocenters. The summed E-state index contributed by atoms with van der Waals surface area (Å²) in [5.41, 5.74) is 6.31. The Morgan fingerprint density at radius 3 is 2.20 bits per heavy atom. The normalized spacial score (nSPS) is 11.9. The monoisotopic (exact) mass is 350 g/mol. The first kappa shape index (κ1) is 17.0. The second kappa shape index (κ2) is 5.61. The van der Waals surface area contributed by atoms with Gasteiger partial charge >= 0.3 is 6.18 Å². The van der Waals surface area contributed by atoms with Crippen LogP contribution in [0.15, 0.2) is 36.4 Å². The Kier molecular flexibility index (Phi) is 3.82. The molecule has 3 nitrogen and oxygen atoms in total. The summed E-state index contributed by atoms with van der Waals surface area (Å²) < 4.78 is 54.3. The van der Waals surface area contributed by atoms with Crippen molar-refractivity contribution < 1.29 is 22.4 Å². The quantitative estimate of drug-likeness (QED) is 0.684. The molecule has 0 aliphatic rings. The van der Waals surface area contributed by atoms with Crippen molar-refractivity contribution in [2.24, 2.45) is 12.8 Å². The van der Waals surface area contributed by atoms with E-state index in [1.54, 1.807) is 18.5 Å². The third kappa shape index (κ3) is 2.65. The third-order valence-electron chi connectivity index (χ3n) is 4.29. The van der Waals surface area contributed by atoms with Crippen LogP contribution in [0.25, 0.3) is 22.0 Å². The Balaban J connectivity index is 2.31. The van der Waals surface area contributed by atoms with Crippen molar-refractivity contribution in [3.05, 3.63) is 59.0 Å². The maximum atomic E-state index is 14.5. The Labute approximate surface area is 140 Å². The number of hydrogen-bond donors (Lipinski definition) is 1. The van der Waals surface area contributed by atoms with E-state index >= 15 is 0 Å². The van der Waals surface area contributed by atoms with E-state index in [-0.39, 0.29) is 11.3 Å². The fourth-order valence-electron chi connectivity index (χ4n) is 3.17. The van der Waals surface area contributed by atoms with Gasteiger partial charge in [0, 0.05) is 23.5 Å². The summed E-state index contributed by atoms with van der Waals surface area (Å²) in [4.78, 5) is 11.7. The molecular weight excluding hydrogens is 336 g/mol. The van der Waals surface area contributed by atoms with E-state index in [2.05, 4.69) is 0 Å². The number of fused-ring (bicyclic) bond motifs is 1. The van der Waals surface area contributed by atoms with Gasteiger partial charge in [0.15, 0.2) is 0 Å². The number of benzene rings is 2. The second-order valence-corrected chi connectivity index (χ2v) is 5.79. The zero-order chi connectivity index (χ0) is 18.5. The molecule has 0 aliphatic carbocycles. The standard InChI is InChI=1S/C18H14F4N2O/c1-9-14-13(24(2)16(9)17(23)25)8-7-12(19)15(14)10-3-5-11(6-4-10)18(20,21)22/h3-8H,1-2H3,(H2,23,25). The minimum absolute atomic E-state index is 0.145. The highest BCUT2D eigenvalue weighted by Gasteiger charge is 2.30. The fourth-order valence-corrected chi connectivity index (χ4v) is 3.17. The molecule has 1 aromatic heterocycles. The van der Waals surface area contributed by atoms with Crippen LogP contribution in [0.5, 0.6) is 0 Å². The molecule has 0 saturated carbocycles. The predicted octanol–water partition coefficient (Wildman–Crippen LogP) is 4.41. The number of carbonyl (C=O) groups is 1. The van der Waals surface area contributed by atoms with Gasteiger partial charge in [-0.3, -0.25) is 4.79 Å². The van der Waals surface area contributed by atoms with Crippen molar-refractivity contribution in [2.45, 2.75) is 13.1 Å². The number of nitrogens with two attached hydrogens (primary N) is 1. The molecule has 0 spiro atoms. The van der Waals surface area contributed by atoms with Crippen LogP contribution in [0.3, 0.4) is 0 Å². The van der Waals surface area contributed by atoms with E-state index in [9.17, 15) is 22.4 Å². The molecule has 1 amide bonds. The van der Waals surface area contributed by atoms with Crippen LogP contribution in [0.2, 0.25) is 0 Å². The van der Waals surface area contributed by atoms with E-state index in [1.165, 1.54) is 24.3 Å². The van der Waals surface area contributed by atoms with Crippen LogP contribution in [-0.2, 0) is 13.2 Å². The number of aromatic nitrogens is 1. The summed E-state index contributed by atoms with van der Waals surface area (Å²) in [5.74, 6) is -1.24. The van der Waals surface area contributed by atoms with Gasteiger partial charge < -0.3 is 10.3 Å². The average molecular weight is 350 g/mol. The van der Waals surface area contributed by atoms with Crippen LogP contribution in [0.4, 0.5) is 17.6 Å². The number of nitrogens with zero attached hydrogens (tertiary/aromatic N) is 1. The molecule has 0 aliphatic heterocycles. The van der Waals surface area contributed by atoms with E-state index < -0.39 is 23.5 Å². The second-order valence-electron chi connectivity index (χ2n) is 5.79. The smallest absolute Gasteiger partial charge is 0.364 e. The van der Waals surface area contributed by atoms with Crippen LogP contribution in [0, 0.1) is 12.7 Å². The molecule has 2 N–H and O–H groups in total. The third-order valence-corrected chi connectivity index (χ3v) is 4.29. The number of aryl methyl sites for hydroxylation is 2. The van der Waals surface area contributed by atoms with Gasteiger partial charge in [-0.1, -0.05) is 12.1 Å². The van der Waals surface area contributed by atoms with Gasteiger partial charge in [-0.15, -0.1) is 0 Å². The van der Waals surface area contributed by atoms with Gasteiger partial charge in [-0.25, -0.2) is 4.39 Å². The summed E-state index contributed by atoms with van der Waals surface area (Å²) in [6.45, 7) is 1.63. The van der Waals surface area contributed by atoms with Crippen LogP contribution < -0.4 is 5.73 Å². The molecule has 7 heteroatoms. The van der Waals surface area contributed by atoms with Crippen molar-refractivity contribution in [3.8, 4) is 11.1 Å². The predicted molar refractivity (Wildman–Crippen MR) is 86.6 cm³/mol. The zero-order valence-electron chi connectivity index (χ0n) is 13.4. The number of carbonyl (C=O) groups excluding carboxylic acids is 1.